The normalized spacial score (nSPS) is 16.3. The lowest BCUT2D eigenvalue weighted by molar-refractivity contribution is -0.0279. The number of methoxy groups -OCH3 is 1. The maximum atomic E-state index is 12.6. The van der Waals surface area contributed by atoms with Crippen molar-refractivity contribution in [3.63, 3.8) is 0 Å². The quantitative estimate of drug-likeness (QED) is 0.126. The second-order valence-corrected chi connectivity index (χ2v) is 10.4. The lowest BCUT2D eigenvalue weighted by Crippen LogP contribution is -2.20. The molecule has 0 saturated heterocycles. The average Bonchev–Trinajstić information content (AvgIpc) is 2.81. The van der Waals surface area contributed by atoms with Crippen LogP contribution in [0, 0.1) is 0 Å². The van der Waals surface area contributed by atoms with Crippen LogP contribution in [0.15, 0.2) is 0 Å². The van der Waals surface area contributed by atoms with Gasteiger partial charge < -0.3 is 19.3 Å². The van der Waals surface area contributed by atoms with E-state index in [1.165, 1.54) is 7.11 Å². The SMILES string of the molecule is CCCCOP(=O)(OCCO)OCCOCC(C)OCCOP(=O)(OCCCC)OCCOC. The van der Waals surface area contributed by atoms with Gasteiger partial charge in [-0.05, 0) is 19.8 Å². The van der Waals surface area contributed by atoms with Gasteiger partial charge in [-0.25, -0.2) is 9.13 Å². The summed E-state index contributed by atoms with van der Waals surface area (Å²) in [5.41, 5.74) is 0. The number of ether oxygens (including phenoxy) is 3. The molecule has 3 unspecified atom stereocenters. The van der Waals surface area contributed by atoms with Crippen LogP contribution in [0.4, 0.5) is 0 Å². The number of hydrogen-bond acceptors (Lipinski definition) is 12. The zero-order valence-corrected chi connectivity index (χ0v) is 22.8. The highest BCUT2D eigenvalue weighted by Crippen LogP contribution is 2.50. The fourth-order valence-electron chi connectivity index (χ4n) is 2.15. The van der Waals surface area contributed by atoms with Gasteiger partial charge in [-0.1, -0.05) is 26.7 Å². The Labute approximate surface area is 204 Å². The van der Waals surface area contributed by atoms with Gasteiger partial charge in [0.05, 0.1) is 78.8 Å². The second kappa shape index (κ2) is 22.3. The van der Waals surface area contributed by atoms with E-state index < -0.39 is 15.6 Å². The molecular weight excluding hydrogens is 494 g/mol. The zero-order valence-electron chi connectivity index (χ0n) is 21.0. The Balaban J connectivity index is 4.13. The maximum Gasteiger partial charge on any atom is 0.474 e. The molecule has 0 aromatic carbocycles. The summed E-state index contributed by atoms with van der Waals surface area (Å²) >= 11 is 0. The molecule has 14 heteroatoms. The first-order valence-corrected chi connectivity index (χ1v) is 14.6. The smallest absolute Gasteiger partial charge is 0.394 e. The summed E-state index contributed by atoms with van der Waals surface area (Å²) < 4.78 is 72.3. The van der Waals surface area contributed by atoms with Crippen LogP contribution in [0.5, 0.6) is 0 Å². The summed E-state index contributed by atoms with van der Waals surface area (Å²) in [5, 5.41) is 8.86. The summed E-state index contributed by atoms with van der Waals surface area (Å²) in [6.07, 6.45) is 2.93. The fraction of sp³-hybridized carbons (Fsp3) is 1.00. The van der Waals surface area contributed by atoms with Crippen LogP contribution in [0.2, 0.25) is 0 Å². The van der Waals surface area contributed by atoms with E-state index >= 15 is 0 Å². The Bertz CT molecular complexity index is 538. The van der Waals surface area contributed by atoms with Gasteiger partial charge in [0.2, 0.25) is 0 Å². The van der Waals surface area contributed by atoms with Crippen molar-refractivity contribution < 1.29 is 55.6 Å². The van der Waals surface area contributed by atoms with Crippen LogP contribution >= 0.6 is 15.6 Å². The number of aliphatic hydroxyl groups is 1. The number of phosphoric ester groups is 2. The van der Waals surface area contributed by atoms with Crippen LogP contribution < -0.4 is 0 Å². The Hall–Kier alpha value is 0.0600. The third-order valence-electron chi connectivity index (χ3n) is 3.94. The summed E-state index contributed by atoms with van der Waals surface area (Å²) in [7, 11) is -5.90. The van der Waals surface area contributed by atoms with Gasteiger partial charge in [0, 0.05) is 7.11 Å². The molecule has 0 spiro atoms. The van der Waals surface area contributed by atoms with Gasteiger partial charge in [0.15, 0.2) is 0 Å². The first-order valence-electron chi connectivity index (χ1n) is 11.7. The number of hydrogen-bond donors (Lipinski definition) is 1. The number of rotatable bonds is 26. The standard InChI is InChI=1S/C20H44O12P2/c1-5-7-10-27-33(22,29-12-9-21)31-17-14-25-19-20(3)26-15-18-32-34(23,28-11-8-6-2)30-16-13-24-4/h20-21H,5-19H2,1-4H3. The highest BCUT2D eigenvalue weighted by molar-refractivity contribution is 7.48. The topological polar surface area (TPSA) is 137 Å². The molecule has 0 aliphatic heterocycles. The van der Waals surface area contributed by atoms with Crippen LogP contribution in [-0.2, 0) is 50.5 Å². The average molecular weight is 539 g/mol. The Kier molecular flexibility index (Phi) is 22.3. The molecule has 0 rings (SSSR count). The zero-order chi connectivity index (χ0) is 25.5. The summed E-state index contributed by atoms with van der Waals surface area (Å²) in [5.74, 6) is 0. The molecule has 0 aromatic rings. The number of unbranched alkanes of at least 4 members (excludes halogenated alkanes) is 2. The molecule has 0 amide bonds. The summed E-state index contributed by atoms with van der Waals surface area (Å²) in [6.45, 7) is 6.76. The van der Waals surface area contributed by atoms with Crippen LogP contribution in [0.3, 0.4) is 0 Å². The molecule has 0 bridgehead atoms. The van der Waals surface area contributed by atoms with E-state index in [0.717, 1.165) is 19.3 Å². The molecule has 0 fully saturated rings. The second-order valence-electron chi connectivity index (χ2n) is 7.07. The molecule has 0 aromatic heterocycles. The molecule has 0 saturated carbocycles. The van der Waals surface area contributed by atoms with Gasteiger partial charge in [-0.3, -0.25) is 27.1 Å². The lowest BCUT2D eigenvalue weighted by Gasteiger charge is -2.19. The Morgan fingerprint density at radius 1 is 0.676 bits per heavy atom. The van der Waals surface area contributed by atoms with E-state index in [2.05, 4.69) is 0 Å². The van der Waals surface area contributed by atoms with Crippen LogP contribution in [-0.4, -0.2) is 91.0 Å². The fourth-order valence-corrected chi connectivity index (χ4v) is 4.51. The predicted molar refractivity (Wildman–Crippen MR) is 126 cm³/mol. The summed E-state index contributed by atoms with van der Waals surface area (Å²) in [4.78, 5) is 0. The molecule has 206 valence electrons. The monoisotopic (exact) mass is 538 g/mol. The Morgan fingerprint density at radius 2 is 1.15 bits per heavy atom. The molecule has 0 aliphatic carbocycles. The van der Waals surface area contributed by atoms with Gasteiger partial charge in [-0.15, -0.1) is 0 Å². The minimum atomic E-state index is -3.73. The van der Waals surface area contributed by atoms with Crippen molar-refractivity contribution in [3.05, 3.63) is 0 Å². The largest absolute Gasteiger partial charge is 0.474 e. The van der Waals surface area contributed by atoms with Crippen molar-refractivity contribution in [1.29, 1.82) is 0 Å². The molecule has 12 nitrogen and oxygen atoms in total. The van der Waals surface area contributed by atoms with Gasteiger partial charge in [0.25, 0.3) is 0 Å². The van der Waals surface area contributed by atoms with Gasteiger partial charge in [-0.2, -0.15) is 0 Å². The first-order chi connectivity index (χ1) is 16.3. The van der Waals surface area contributed by atoms with E-state index in [9.17, 15) is 9.13 Å². The third kappa shape index (κ3) is 19.3. The molecule has 3 atom stereocenters. The Morgan fingerprint density at radius 3 is 1.65 bits per heavy atom. The molecule has 0 radical (unpaired) electrons. The van der Waals surface area contributed by atoms with Crippen molar-refractivity contribution in [1.82, 2.24) is 0 Å². The van der Waals surface area contributed by atoms with Crippen molar-refractivity contribution in [2.75, 3.05) is 79.8 Å². The number of aliphatic hydroxyl groups excluding tert-OH is 1. The van der Waals surface area contributed by atoms with E-state index in [1.807, 2.05) is 13.8 Å². The molecule has 0 aliphatic rings. The van der Waals surface area contributed by atoms with E-state index in [4.69, 9.17) is 46.5 Å². The molecular formula is C20H44O12P2. The van der Waals surface area contributed by atoms with Gasteiger partial charge >= 0.3 is 15.6 Å². The molecule has 0 heterocycles. The molecule has 1 N–H and O–H groups in total. The van der Waals surface area contributed by atoms with E-state index in [-0.39, 0.29) is 78.8 Å². The minimum Gasteiger partial charge on any atom is -0.394 e. The lowest BCUT2D eigenvalue weighted by atomic mass is 10.4. The van der Waals surface area contributed by atoms with Crippen LogP contribution in [0.1, 0.15) is 46.5 Å². The molecule has 34 heavy (non-hydrogen) atoms. The highest BCUT2D eigenvalue weighted by Gasteiger charge is 2.27. The number of phosphoric acid groups is 2. The van der Waals surface area contributed by atoms with Crippen LogP contribution in [0.25, 0.3) is 0 Å². The van der Waals surface area contributed by atoms with Crippen molar-refractivity contribution in [2.24, 2.45) is 0 Å². The highest BCUT2D eigenvalue weighted by atomic mass is 31.2. The van der Waals surface area contributed by atoms with Crippen molar-refractivity contribution >= 4 is 15.6 Å². The van der Waals surface area contributed by atoms with Gasteiger partial charge in [0.1, 0.15) is 0 Å². The maximum absolute atomic E-state index is 12.6. The minimum absolute atomic E-state index is 0.0121. The van der Waals surface area contributed by atoms with Crippen molar-refractivity contribution in [3.8, 4) is 0 Å². The van der Waals surface area contributed by atoms with E-state index in [0.29, 0.717) is 6.42 Å². The first kappa shape index (κ1) is 34.1. The summed E-state index contributed by atoms with van der Waals surface area (Å²) in [6, 6.07) is 0. The predicted octanol–water partition coefficient (Wildman–Crippen LogP) is 3.96. The van der Waals surface area contributed by atoms with Crippen molar-refractivity contribution in [2.45, 2.75) is 52.6 Å². The van der Waals surface area contributed by atoms with E-state index in [1.54, 1.807) is 6.92 Å². The third-order valence-corrected chi connectivity index (χ3v) is 6.93.